The molecule has 1 N–H and O–H groups in total. The Hall–Kier alpha value is -2.36. The minimum absolute atomic E-state index is 0.201. The molecule has 0 fully saturated rings. The number of pyridine rings is 1. The smallest absolute Gasteiger partial charge is 0.338 e. The molecule has 0 aliphatic rings. The van der Waals surface area contributed by atoms with Crippen LogP contribution in [0.2, 0.25) is 0 Å². The molecular weight excluding hydrogens is 218 g/mol. The highest BCUT2D eigenvalue weighted by molar-refractivity contribution is 5.89. The van der Waals surface area contributed by atoms with Gasteiger partial charge in [-0.1, -0.05) is 30.3 Å². The minimum atomic E-state index is -0.500. The van der Waals surface area contributed by atoms with Crippen LogP contribution in [0.5, 0.6) is 0 Å². The first-order chi connectivity index (χ1) is 8.25. The summed E-state index contributed by atoms with van der Waals surface area (Å²) < 4.78 is 5.08. The quantitative estimate of drug-likeness (QED) is 0.815. The highest BCUT2D eigenvalue weighted by Crippen LogP contribution is 2.04. The molecule has 86 valence electrons. The Morgan fingerprint density at radius 3 is 2.65 bits per heavy atom. The Bertz CT molecular complexity index is 560. The van der Waals surface area contributed by atoms with Crippen molar-refractivity contribution in [2.24, 2.45) is 0 Å². The monoisotopic (exact) mass is 229 g/mol. The molecule has 0 spiro atoms. The summed E-state index contributed by atoms with van der Waals surface area (Å²) in [6.45, 7) is 0.201. The topological polar surface area (TPSA) is 59.2 Å². The second kappa shape index (κ2) is 5.12. The number of ether oxygens (including phenoxy) is 1. The minimum Gasteiger partial charge on any atom is -0.457 e. The molecule has 17 heavy (non-hydrogen) atoms. The fourth-order valence-corrected chi connectivity index (χ4v) is 1.38. The van der Waals surface area contributed by atoms with Crippen LogP contribution in [0.1, 0.15) is 15.9 Å². The average molecular weight is 229 g/mol. The molecule has 1 aromatic carbocycles. The van der Waals surface area contributed by atoms with Crippen molar-refractivity contribution in [2.45, 2.75) is 6.61 Å². The molecule has 4 nitrogen and oxygen atoms in total. The van der Waals surface area contributed by atoms with Gasteiger partial charge in [-0.05, 0) is 11.6 Å². The van der Waals surface area contributed by atoms with Crippen molar-refractivity contribution in [1.29, 1.82) is 0 Å². The summed E-state index contributed by atoms with van der Waals surface area (Å²) >= 11 is 0. The largest absolute Gasteiger partial charge is 0.457 e. The van der Waals surface area contributed by atoms with Gasteiger partial charge in [0.1, 0.15) is 6.61 Å². The summed E-state index contributed by atoms with van der Waals surface area (Å²) in [5.74, 6) is -0.500. The second-order valence-electron chi connectivity index (χ2n) is 3.50. The fourth-order valence-electron chi connectivity index (χ4n) is 1.38. The summed E-state index contributed by atoms with van der Waals surface area (Å²) in [5, 5.41) is 0. The van der Waals surface area contributed by atoms with Gasteiger partial charge >= 0.3 is 5.97 Å². The standard InChI is InChI=1S/C13H11NO3/c15-12-8-11(6-7-14-12)13(16)17-9-10-4-2-1-3-5-10/h1-8H,9H2,(H,14,15). The lowest BCUT2D eigenvalue weighted by molar-refractivity contribution is 0.0472. The SMILES string of the molecule is O=C(OCc1ccccc1)c1cc[nH]c(=O)c1. The molecule has 0 aliphatic heterocycles. The van der Waals surface area contributed by atoms with Gasteiger partial charge in [0, 0.05) is 12.3 Å². The van der Waals surface area contributed by atoms with Gasteiger partial charge in [-0.2, -0.15) is 0 Å². The normalized spacial score (nSPS) is 9.88. The highest BCUT2D eigenvalue weighted by Gasteiger charge is 2.07. The van der Waals surface area contributed by atoms with Crippen molar-refractivity contribution in [3.8, 4) is 0 Å². The first-order valence-corrected chi connectivity index (χ1v) is 5.15. The van der Waals surface area contributed by atoms with Crippen molar-refractivity contribution >= 4 is 5.97 Å². The molecule has 2 aromatic rings. The molecule has 0 aliphatic carbocycles. The van der Waals surface area contributed by atoms with Crippen molar-refractivity contribution in [3.05, 3.63) is 70.1 Å². The molecule has 1 heterocycles. The van der Waals surface area contributed by atoms with Gasteiger partial charge in [0.05, 0.1) is 5.56 Å². The lowest BCUT2D eigenvalue weighted by atomic mass is 10.2. The molecule has 0 bridgehead atoms. The molecule has 4 heteroatoms. The number of esters is 1. The molecular formula is C13H11NO3. The van der Waals surface area contributed by atoms with Crippen LogP contribution in [0.15, 0.2) is 53.5 Å². The van der Waals surface area contributed by atoms with Crippen LogP contribution >= 0.6 is 0 Å². The number of rotatable bonds is 3. The number of carbonyl (C=O) groups is 1. The first kappa shape index (κ1) is 11.1. The third-order valence-electron chi connectivity index (χ3n) is 2.22. The molecule has 0 amide bonds. The molecule has 0 atom stereocenters. The molecule has 0 saturated heterocycles. The molecule has 2 rings (SSSR count). The summed E-state index contributed by atoms with van der Waals surface area (Å²) in [5.41, 5.74) is 0.842. The third-order valence-corrected chi connectivity index (χ3v) is 2.22. The lowest BCUT2D eigenvalue weighted by Crippen LogP contribution is -2.11. The summed E-state index contributed by atoms with van der Waals surface area (Å²) in [6.07, 6.45) is 1.42. The number of aromatic amines is 1. The highest BCUT2D eigenvalue weighted by atomic mass is 16.5. The van der Waals surface area contributed by atoms with Gasteiger partial charge < -0.3 is 9.72 Å². The van der Waals surface area contributed by atoms with Crippen LogP contribution in [-0.4, -0.2) is 11.0 Å². The number of benzene rings is 1. The fraction of sp³-hybridized carbons (Fsp3) is 0.0769. The van der Waals surface area contributed by atoms with Gasteiger partial charge in [0.2, 0.25) is 5.56 Å². The maximum atomic E-state index is 11.6. The Kier molecular flexibility index (Phi) is 3.35. The van der Waals surface area contributed by atoms with Crippen molar-refractivity contribution in [1.82, 2.24) is 4.98 Å². The summed E-state index contributed by atoms with van der Waals surface area (Å²) in [6, 6.07) is 12.1. The van der Waals surface area contributed by atoms with Crippen LogP contribution in [0.4, 0.5) is 0 Å². The van der Waals surface area contributed by atoms with E-state index in [4.69, 9.17) is 4.74 Å². The van der Waals surface area contributed by atoms with Crippen LogP contribution in [0.3, 0.4) is 0 Å². The van der Waals surface area contributed by atoms with Gasteiger partial charge in [-0.3, -0.25) is 4.79 Å². The van der Waals surface area contributed by atoms with E-state index in [0.29, 0.717) is 0 Å². The number of nitrogens with one attached hydrogen (secondary N) is 1. The predicted molar refractivity (Wildman–Crippen MR) is 62.6 cm³/mol. The van der Waals surface area contributed by atoms with Crippen LogP contribution < -0.4 is 5.56 Å². The van der Waals surface area contributed by atoms with Gasteiger partial charge in [0.15, 0.2) is 0 Å². The van der Waals surface area contributed by atoms with E-state index in [2.05, 4.69) is 4.98 Å². The number of aromatic nitrogens is 1. The van der Waals surface area contributed by atoms with E-state index < -0.39 is 5.97 Å². The van der Waals surface area contributed by atoms with Gasteiger partial charge in [-0.15, -0.1) is 0 Å². The van der Waals surface area contributed by atoms with Gasteiger partial charge in [0.25, 0.3) is 0 Å². The first-order valence-electron chi connectivity index (χ1n) is 5.15. The van der Waals surface area contributed by atoms with E-state index in [1.165, 1.54) is 18.3 Å². The van der Waals surface area contributed by atoms with E-state index in [-0.39, 0.29) is 17.7 Å². The van der Waals surface area contributed by atoms with E-state index in [0.717, 1.165) is 5.56 Å². The lowest BCUT2D eigenvalue weighted by Gasteiger charge is -2.04. The molecule has 1 aromatic heterocycles. The van der Waals surface area contributed by atoms with Crippen LogP contribution in [0.25, 0.3) is 0 Å². The zero-order chi connectivity index (χ0) is 12.1. The Balaban J connectivity index is 2.01. The average Bonchev–Trinajstić information content (AvgIpc) is 2.37. The molecule has 0 saturated carbocycles. The van der Waals surface area contributed by atoms with Crippen LogP contribution in [0, 0.1) is 0 Å². The maximum Gasteiger partial charge on any atom is 0.338 e. The summed E-state index contributed by atoms with van der Waals surface area (Å²) in [4.78, 5) is 25.0. The molecule has 0 unspecified atom stereocenters. The number of carbonyl (C=O) groups excluding carboxylic acids is 1. The third kappa shape index (κ3) is 3.04. The van der Waals surface area contributed by atoms with E-state index in [1.807, 2.05) is 30.3 Å². The Labute approximate surface area is 97.9 Å². The van der Waals surface area contributed by atoms with E-state index >= 15 is 0 Å². The maximum absolute atomic E-state index is 11.6. The second-order valence-corrected chi connectivity index (χ2v) is 3.50. The number of H-pyrrole nitrogens is 1. The number of hydrogen-bond donors (Lipinski definition) is 1. The van der Waals surface area contributed by atoms with E-state index in [9.17, 15) is 9.59 Å². The Morgan fingerprint density at radius 1 is 1.18 bits per heavy atom. The van der Waals surface area contributed by atoms with E-state index in [1.54, 1.807) is 0 Å². The van der Waals surface area contributed by atoms with Crippen molar-refractivity contribution in [3.63, 3.8) is 0 Å². The van der Waals surface area contributed by atoms with Crippen molar-refractivity contribution < 1.29 is 9.53 Å². The summed E-state index contributed by atoms with van der Waals surface area (Å²) in [7, 11) is 0. The zero-order valence-electron chi connectivity index (χ0n) is 9.05. The number of hydrogen-bond acceptors (Lipinski definition) is 3. The van der Waals surface area contributed by atoms with Gasteiger partial charge in [-0.25, -0.2) is 4.79 Å². The molecule has 0 radical (unpaired) electrons. The Morgan fingerprint density at radius 2 is 1.94 bits per heavy atom. The zero-order valence-corrected chi connectivity index (χ0v) is 9.05. The van der Waals surface area contributed by atoms with Crippen molar-refractivity contribution in [2.75, 3.05) is 0 Å². The predicted octanol–water partition coefficient (Wildman–Crippen LogP) is 1.73. The van der Waals surface area contributed by atoms with Crippen LogP contribution in [-0.2, 0) is 11.3 Å².